The second-order valence-corrected chi connectivity index (χ2v) is 5.89. The summed E-state index contributed by atoms with van der Waals surface area (Å²) in [6.45, 7) is 2.01. The maximum Gasteiger partial charge on any atom is 0.255 e. The molecule has 1 amide bonds. The average Bonchev–Trinajstić information content (AvgIpc) is 2.70. The summed E-state index contributed by atoms with van der Waals surface area (Å²) in [4.78, 5) is 16.9. The van der Waals surface area contributed by atoms with Crippen LogP contribution in [0.1, 0.15) is 15.9 Å². The molecule has 0 aliphatic rings. The molecule has 0 atom stereocenters. The number of carbonyl (C=O) groups is 1. The summed E-state index contributed by atoms with van der Waals surface area (Å²) in [5.74, 6) is 1.51. The van der Waals surface area contributed by atoms with Gasteiger partial charge < -0.3 is 20.1 Å². The molecule has 3 aromatic rings. The summed E-state index contributed by atoms with van der Waals surface area (Å²) < 4.78 is 10.5. The Bertz CT molecular complexity index is 957. The third-order valence-electron chi connectivity index (χ3n) is 4.07. The SMILES string of the molecule is COc1ccc(NC(=O)c2ccnc(Nc3ccccc3C)c2)cc1OC. The molecule has 1 aromatic heterocycles. The van der Waals surface area contributed by atoms with E-state index in [1.54, 1.807) is 50.7 Å². The van der Waals surface area contributed by atoms with Gasteiger partial charge in [-0.25, -0.2) is 4.98 Å². The second-order valence-electron chi connectivity index (χ2n) is 5.89. The second kappa shape index (κ2) is 8.23. The lowest BCUT2D eigenvalue weighted by molar-refractivity contribution is 0.102. The van der Waals surface area contributed by atoms with Gasteiger partial charge >= 0.3 is 0 Å². The van der Waals surface area contributed by atoms with Crippen LogP contribution in [0.25, 0.3) is 0 Å². The highest BCUT2D eigenvalue weighted by Gasteiger charge is 2.10. The summed E-state index contributed by atoms with van der Waals surface area (Å²) in [5, 5.41) is 6.09. The van der Waals surface area contributed by atoms with Crippen LogP contribution in [0.5, 0.6) is 11.5 Å². The molecule has 0 saturated carbocycles. The number of benzene rings is 2. The molecule has 2 aromatic carbocycles. The number of amides is 1. The minimum atomic E-state index is -0.238. The molecule has 27 heavy (non-hydrogen) atoms. The lowest BCUT2D eigenvalue weighted by atomic mass is 10.2. The molecule has 3 rings (SSSR count). The van der Waals surface area contributed by atoms with E-state index in [0.717, 1.165) is 11.3 Å². The Morgan fingerprint density at radius 1 is 0.963 bits per heavy atom. The van der Waals surface area contributed by atoms with E-state index in [0.29, 0.717) is 28.6 Å². The monoisotopic (exact) mass is 363 g/mol. The average molecular weight is 363 g/mol. The standard InChI is InChI=1S/C21H21N3O3/c1-14-6-4-5-7-17(14)24-20-12-15(10-11-22-20)21(25)23-16-8-9-18(26-2)19(13-16)27-3/h4-13H,1-3H3,(H,22,24)(H,23,25). The largest absolute Gasteiger partial charge is 0.493 e. The van der Waals surface area contributed by atoms with Gasteiger partial charge in [-0.15, -0.1) is 0 Å². The molecule has 6 heteroatoms. The van der Waals surface area contributed by atoms with Gasteiger partial charge in [0.15, 0.2) is 11.5 Å². The van der Waals surface area contributed by atoms with Gasteiger partial charge in [-0.2, -0.15) is 0 Å². The molecule has 0 bridgehead atoms. The molecule has 1 heterocycles. The summed E-state index contributed by atoms with van der Waals surface area (Å²) in [6, 6.07) is 16.5. The van der Waals surface area contributed by atoms with Gasteiger partial charge in [0, 0.05) is 29.2 Å². The Morgan fingerprint density at radius 3 is 2.48 bits per heavy atom. The minimum absolute atomic E-state index is 0.238. The molecule has 0 radical (unpaired) electrons. The van der Waals surface area contributed by atoms with E-state index in [2.05, 4.69) is 15.6 Å². The number of nitrogens with zero attached hydrogens (tertiary/aromatic N) is 1. The zero-order valence-electron chi connectivity index (χ0n) is 15.4. The Balaban J connectivity index is 1.77. The molecular weight excluding hydrogens is 342 g/mol. The minimum Gasteiger partial charge on any atom is -0.493 e. The van der Waals surface area contributed by atoms with Crippen LogP contribution in [0.15, 0.2) is 60.8 Å². The highest BCUT2D eigenvalue weighted by Crippen LogP contribution is 2.30. The van der Waals surface area contributed by atoms with Crippen molar-refractivity contribution in [3.63, 3.8) is 0 Å². The predicted octanol–water partition coefficient (Wildman–Crippen LogP) is 4.40. The van der Waals surface area contributed by atoms with E-state index in [9.17, 15) is 4.79 Å². The van der Waals surface area contributed by atoms with Crippen molar-refractivity contribution < 1.29 is 14.3 Å². The van der Waals surface area contributed by atoms with Crippen LogP contribution in [0.2, 0.25) is 0 Å². The fourth-order valence-corrected chi connectivity index (χ4v) is 2.61. The van der Waals surface area contributed by atoms with Crippen molar-refractivity contribution >= 4 is 23.1 Å². The van der Waals surface area contributed by atoms with E-state index in [4.69, 9.17) is 9.47 Å². The van der Waals surface area contributed by atoms with Crippen LogP contribution < -0.4 is 20.1 Å². The lowest BCUT2D eigenvalue weighted by Gasteiger charge is -2.12. The highest BCUT2D eigenvalue weighted by atomic mass is 16.5. The third kappa shape index (κ3) is 4.36. The Kier molecular flexibility index (Phi) is 5.56. The van der Waals surface area contributed by atoms with Crippen molar-refractivity contribution in [3.8, 4) is 11.5 Å². The maximum atomic E-state index is 12.6. The van der Waals surface area contributed by atoms with Crippen LogP contribution in [0.3, 0.4) is 0 Å². The smallest absolute Gasteiger partial charge is 0.255 e. The molecule has 0 saturated heterocycles. The first-order valence-electron chi connectivity index (χ1n) is 8.43. The summed E-state index contributed by atoms with van der Waals surface area (Å²) in [6.07, 6.45) is 1.60. The fraction of sp³-hybridized carbons (Fsp3) is 0.143. The number of aromatic nitrogens is 1. The van der Waals surface area contributed by atoms with Gasteiger partial charge in [-0.3, -0.25) is 4.79 Å². The Morgan fingerprint density at radius 2 is 1.74 bits per heavy atom. The third-order valence-corrected chi connectivity index (χ3v) is 4.07. The van der Waals surface area contributed by atoms with E-state index in [1.165, 1.54) is 0 Å². The Labute approximate surface area is 158 Å². The van der Waals surface area contributed by atoms with E-state index >= 15 is 0 Å². The zero-order chi connectivity index (χ0) is 19.2. The number of para-hydroxylation sites is 1. The fourth-order valence-electron chi connectivity index (χ4n) is 2.61. The predicted molar refractivity (Wildman–Crippen MR) is 106 cm³/mol. The molecule has 0 aliphatic heterocycles. The number of nitrogens with one attached hydrogen (secondary N) is 2. The van der Waals surface area contributed by atoms with E-state index in [-0.39, 0.29) is 5.91 Å². The van der Waals surface area contributed by atoms with Crippen molar-refractivity contribution in [1.29, 1.82) is 0 Å². The number of hydrogen-bond donors (Lipinski definition) is 2. The molecular formula is C21H21N3O3. The first-order valence-corrected chi connectivity index (χ1v) is 8.43. The molecule has 6 nitrogen and oxygen atoms in total. The van der Waals surface area contributed by atoms with Crippen LogP contribution in [0, 0.1) is 6.92 Å². The Hall–Kier alpha value is -3.54. The molecule has 0 fully saturated rings. The van der Waals surface area contributed by atoms with Crippen molar-refractivity contribution in [2.75, 3.05) is 24.9 Å². The molecule has 0 unspecified atom stereocenters. The number of pyridine rings is 1. The van der Waals surface area contributed by atoms with E-state index < -0.39 is 0 Å². The molecule has 138 valence electrons. The van der Waals surface area contributed by atoms with Gasteiger partial charge in [0.1, 0.15) is 5.82 Å². The van der Waals surface area contributed by atoms with Gasteiger partial charge in [0.2, 0.25) is 0 Å². The molecule has 2 N–H and O–H groups in total. The quantitative estimate of drug-likeness (QED) is 0.679. The van der Waals surface area contributed by atoms with Gasteiger partial charge in [0.05, 0.1) is 14.2 Å². The van der Waals surface area contributed by atoms with Crippen LogP contribution in [0.4, 0.5) is 17.2 Å². The number of ether oxygens (including phenoxy) is 2. The first-order chi connectivity index (χ1) is 13.1. The summed E-state index contributed by atoms with van der Waals surface area (Å²) in [5.41, 5.74) is 3.15. The van der Waals surface area contributed by atoms with Crippen LogP contribution in [-0.4, -0.2) is 25.1 Å². The van der Waals surface area contributed by atoms with Gasteiger partial charge in [0.25, 0.3) is 5.91 Å². The van der Waals surface area contributed by atoms with Crippen LogP contribution in [-0.2, 0) is 0 Å². The first kappa shape index (κ1) is 18.3. The molecule has 0 aliphatic carbocycles. The van der Waals surface area contributed by atoms with Crippen molar-refractivity contribution in [1.82, 2.24) is 4.98 Å². The number of carbonyl (C=O) groups excluding carboxylic acids is 1. The maximum absolute atomic E-state index is 12.6. The number of methoxy groups -OCH3 is 2. The highest BCUT2D eigenvalue weighted by molar-refractivity contribution is 6.04. The normalized spacial score (nSPS) is 10.2. The number of hydrogen-bond acceptors (Lipinski definition) is 5. The van der Waals surface area contributed by atoms with Crippen molar-refractivity contribution in [3.05, 3.63) is 71.9 Å². The van der Waals surface area contributed by atoms with Gasteiger partial charge in [-0.1, -0.05) is 18.2 Å². The summed E-state index contributed by atoms with van der Waals surface area (Å²) in [7, 11) is 3.12. The van der Waals surface area contributed by atoms with Crippen molar-refractivity contribution in [2.24, 2.45) is 0 Å². The topological polar surface area (TPSA) is 72.5 Å². The van der Waals surface area contributed by atoms with Gasteiger partial charge in [-0.05, 0) is 42.8 Å². The number of anilines is 3. The number of rotatable bonds is 6. The van der Waals surface area contributed by atoms with E-state index in [1.807, 2.05) is 31.2 Å². The summed E-state index contributed by atoms with van der Waals surface area (Å²) >= 11 is 0. The molecule has 0 spiro atoms. The van der Waals surface area contributed by atoms with Crippen molar-refractivity contribution in [2.45, 2.75) is 6.92 Å². The zero-order valence-corrected chi connectivity index (χ0v) is 15.4. The number of aryl methyl sites for hydroxylation is 1. The van der Waals surface area contributed by atoms with Crippen LogP contribution >= 0.6 is 0 Å². The lowest BCUT2D eigenvalue weighted by Crippen LogP contribution is -2.12.